The molecule has 0 aliphatic heterocycles. The Balaban J connectivity index is 2.12. The van der Waals surface area contributed by atoms with Crippen LogP contribution in [0.2, 0.25) is 0 Å². The monoisotopic (exact) mass is 364 g/mol. The molecule has 3 aromatic carbocycles. The molecule has 3 nitrogen and oxygen atoms in total. The molecule has 0 radical (unpaired) electrons. The van der Waals surface area contributed by atoms with Gasteiger partial charge in [-0.3, -0.25) is 0 Å². The minimum atomic E-state index is 0.458. The maximum Gasteiger partial charge on any atom is 0.287 e. The highest BCUT2D eigenvalue weighted by atomic mass is 15.0. The van der Waals surface area contributed by atoms with E-state index in [0.29, 0.717) is 5.92 Å². The van der Waals surface area contributed by atoms with E-state index in [4.69, 9.17) is 4.98 Å². The van der Waals surface area contributed by atoms with E-state index < -0.39 is 0 Å². The Kier molecular flexibility index (Phi) is 2.94. The second-order valence-electron chi connectivity index (χ2n) is 8.26. The summed E-state index contributed by atoms with van der Waals surface area (Å²) in [6.45, 7) is 6.79. The van der Waals surface area contributed by atoms with E-state index in [0.717, 1.165) is 5.52 Å². The van der Waals surface area contributed by atoms with Crippen molar-refractivity contribution in [3.8, 4) is 0 Å². The molecule has 0 bridgehead atoms. The van der Waals surface area contributed by atoms with Gasteiger partial charge in [0.2, 0.25) is 0 Å². The summed E-state index contributed by atoms with van der Waals surface area (Å²) < 4.78 is 4.68. The van der Waals surface area contributed by atoms with E-state index in [1.807, 2.05) is 6.33 Å². The maximum atomic E-state index is 4.72. The Hall–Kier alpha value is -3.20. The van der Waals surface area contributed by atoms with Crippen LogP contribution in [0.4, 0.5) is 0 Å². The van der Waals surface area contributed by atoms with E-state index >= 15 is 0 Å². The van der Waals surface area contributed by atoms with Crippen LogP contribution >= 0.6 is 0 Å². The number of benzene rings is 3. The fraction of sp³-hybridized carbons (Fsp3) is 0.200. The van der Waals surface area contributed by atoms with Crippen molar-refractivity contribution in [2.24, 2.45) is 7.05 Å². The Labute approximate surface area is 163 Å². The van der Waals surface area contributed by atoms with E-state index in [2.05, 4.69) is 85.3 Å². The van der Waals surface area contributed by atoms with Crippen LogP contribution in [0.25, 0.3) is 49.1 Å². The van der Waals surface area contributed by atoms with Crippen LogP contribution in [0.15, 0.2) is 54.9 Å². The van der Waals surface area contributed by atoms with Gasteiger partial charge in [0.15, 0.2) is 5.52 Å². The summed E-state index contributed by atoms with van der Waals surface area (Å²) in [5.41, 5.74) is 8.92. The molecule has 0 aliphatic rings. The molecule has 136 valence electrons. The lowest BCUT2D eigenvalue weighted by molar-refractivity contribution is -0.646. The van der Waals surface area contributed by atoms with Gasteiger partial charge in [0.25, 0.3) is 6.33 Å². The molecule has 6 rings (SSSR count). The minimum Gasteiger partial charge on any atom is -0.307 e. The highest BCUT2D eigenvalue weighted by molar-refractivity contribution is 6.25. The van der Waals surface area contributed by atoms with Gasteiger partial charge in [-0.05, 0) is 41.1 Å². The summed E-state index contributed by atoms with van der Waals surface area (Å²) in [4.78, 5) is 4.72. The van der Waals surface area contributed by atoms with Gasteiger partial charge in [-0.15, -0.1) is 0 Å². The van der Waals surface area contributed by atoms with Crippen LogP contribution in [0.5, 0.6) is 0 Å². The van der Waals surface area contributed by atoms with Crippen LogP contribution in [0, 0.1) is 6.92 Å². The van der Waals surface area contributed by atoms with Crippen molar-refractivity contribution in [1.29, 1.82) is 0 Å². The van der Waals surface area contributed by atoms with E-state index in [1.54, 1.807) is 0 Å². The van der Waals surface area contributed by atoms with Crippen LogP contribution in [0.1, 0.15) is 30.9 Å². The predicted octanol–water partition coefficient (Wildman–Crippen LogP) is 5.64. The number of fused-ring (bicyclic) bond motifs is 5. The van der Waals surface area contributed by atoms with Crippen molar-refractivity contribution < 1.29 is 4.57 Å². The zero-order valence-electron chi connectivity index (χ0n) is 16.6. The first kappa shape index (κ1) is 15.8. The topological polar surface area (TPSA) is 21.2 Å². The molecule has 6 aromatic rings. The zero-order valence-corrected chi connectivity index (χ0v) is 16.6. The van der Waals surface area contributed by atoms with Crippen molar-refractivity contribution in [2.75, 3.05) is 0 Å². The highest BCUT2D eigenvalue weighted by Gasteiger charge is 2.24. The van der Waals surface area contributed by atoms with Gasteiger partial charge in [0, 0.05) is 16.2 Å². The second-order valence-corrected chi connectivity index (χ2v) is 8.26. The highest BCUT2D eigenvalue weighted by Crippen LogP contribution is 2.41. The van der Waals surface area contributed by atoms with Crippen molar-refractivity contribution in [3.63, 3.8) is 0 Å². The third kappa shape index (κ3) is 1.74. The zero-order chi connectivity index (χ0) is 19.2. The number of aromatic nitrogens is 3. The Morgan fingerprint density at radius 1 is 0.893 bits per heavy atom. The van der Waals surface area contributed by atoms with Gasteiger partial charge in [-0.1, -0.05) is 50.2 Å². The summed E-state index contributed by atoms with van der Waals surface area (Å²) in [6.07, 6.45) is 1.94. The lowest BCUT2D eigenvalue weighted by Gasteiger charge is -2.14. The number of rotatable bonds is 1. The number of para-hydroxylation sites is 1. The van der Waals surface area contributed by atoms with Crippen LogP contribution in [-0.2, 0) is 7.05 Å². The maximum absolute atomic E-state index is 4.72. The molecule has 0 saturated heterocycles. The molecule has 0 atom stereocenters. The lowest BCUT2D eigenvalue weighted by atomic mass is 9.99. The third-order valence-electron chi connectivity index (χ3n) is 6.27. The summed E-state index contributed by atoms with van der Waals surface area (Å²) >= 11 is 0. The third-order valence-corrected chi connectivity index (χ3v) is 6.27. The fourth-order valence-corrected chi connectivity index (χ4v) is 5.04. The normalized spacial score (nSPS) is 12.6. The van der Waals surface area contributed by atoms with Crippen LogP contribution < -0.4 is 4.57 Å². The minimum absolute atomic E-state index is 0.458. The van der Waals surface area contributed by atoms with Gasteiger partial charge < -0.3 is 4.40 Å². The van der Waals surface area contributed by atoms with E-state index in [1.165, 1.54) is 54.7 Å². The molecule has 0 saturated carbocycles. The molecule has 3 heterocycles. The number of aryl methyl sites for hydroxylation is 2. The molecular weight excluding hydrogens is 342 g/mol. The van der Waals surface area contributed by atoms with Crippen molar-refractivity contribution in [3.05, 3.63) is 66.0 Å². The number of hydrogen-bond donors (Lipinski definition) is 0. The van der Waals surface area contributed by atoms with Gasteiger partial charge in [0.05, 0.1) is 29.0 Å². The van der Waals surface area contributed by atoms with Crippen molar-refractivity contribution in [2.45, 2.75) is 26.7 Å². The Morgan fingerprint density at radius 2 is 1.68 bits per heavy atom. The largest absolute Gasteiger partial charge is 0.307 e. The first-order valence-corrected chi connectivity index (χ1v) is 9.92. The molecule has 3 aromatic heterocycles. The van der Waals surface area contributed by atoms with E-state index in [9.17, 15) is 0 Å². The molecule has 0 unspecified atom stereocenters. The second kappa shape index (κ2) is 5.20. The van der Waals surface area contributed by atoms with Gasteiger partial charge >= 0.3 is 0 Å². The number of nitrogens with zero attached hydrogens (tertiary/aromatic N) is 3. The summed E-state index contributed by atoms with van der Waals surface area (Å²) in [5.74, 6) is 0.458. The van der Waals surface area contributed by atoms with Gasteiger partial charge in [-0.25, -0.2) is 4.57 Å². The van der Waals surface area contributed by atoms with Crippen LogP contribution in [-0.4, -0.2) is 9.38 Å². The van der Waals surface area contributed by atoms with Gasteiger partial charge in [-0.2, -0.15) is 0 Å². The standard InChI is InChI=1S/C25H22N3/c1-14(2)16-7-5-8-17-18-12-11-15(3)21-24(18)28(23(16)17)20-10-6-9-19-22(20)25(21)27(4)13-26-19/h5-14H,1-4H3/q+1. The first-order valence-electron chi connectivity index (χ1n) is 9.92. The summed E-state index contributed by atoms with van der Waals surface area (Å²) in [7, 11) is 2.11. The smallest absolute Gasteiger partial charge is 0.287 e. The van der Waals surface area contributed by atoms with Crippen molar-refractivity contribution >= 4 is 49.1 Å². The number of pyridine rings is 1. The predicted molar refractivity (Wildman–Crippen MR) is 116 cm³/mol. The SMILES string of the molecule is Cc1ccc2c3cccc(C(C)C)c3n3c4cccc5nc[n+](C)c(c1c23)c54. The van der Waals surface area contributed by atoms with E-state index in [-0.39, 0.29) is 0 Å². The fourth-order valence-electron chi connectivity index (χ4n) is 5.04. The molecule has 0 N–H and O–H groups in total. The Bertz CT molecular complexity index is 1550. The molecule has 0 amide bonds. The van der Waals surface area contributed by atoms with Crippen LogP contribution in [0.3, 0.4) is 0 Å². The molecule has 3 heteroatoms. The average Bonchev–Trinajstić information content (AvgIpc) is 3.03. The lowest BCUT2D eigenvalue weighted by Crippen LogP contribution is -2.30. The molecule has 28 heavy (non-hydrogen) atoms. The molecule has 0 spiro atoms. The first-order chi connectivity index (χ1) is 13.6. The Morgan fingerprint density at radius 3 is 2.50 bits per heavy atom. The average molecular weight is 364 g/mol. The summed E-state index contributed by atoms with van der Waals surface area (Å²) in [5, 5.41) is 5.24. The molecule has 0 aliphatic carbocycles. The molecular formula is C25H22N3+. The van der Waals surface area contributed by atoms with Crippen molar-refractivity contribution in [1.82, 2.24) is 9.38 Å². The quantitative estimate of drug-likeness (QED) is 0.210. The molecule has 0 fully saturated rings. The summed E-state index contributed by atoms with van der Waals surface area (Å²) in [6, 6.07) is 17.8. The number of hydrogen-bond acceptors (Lipinski definition) is 1. The van der Waals surface area contributed by atoms with Gasteiger partial charge in [0.1, 0.15) is 5.52 Å².